The van der Waals surface area contributed by atoms with Crippen molar-refractivity contribution in [1.82, 2.24) is 4.98 Å². The molecule has 1 heterocycles. The molecule has 0 amide bonds. The highest BCUT2D eigenvalue weighted by Crippen LogP contribution is 2.33. The van der Waals surface area contributed by atoms with Crippen molar-refractivity contribution in [3.05, 3.63) is 83.3 Å². The first-order chi connectivity index (χ1) is 11.2. The normalized spacial score (nSPS) is 9.87. The van der Waals surface area contributed by atoms with Crippen LogP contribution >= 0.6 is 0 Å². The van der Waals surface area contributed by atoms with E-state index >= 15 is 0 Å². The van der Waals surface area contributed by atoms with E-state index in [0.717, 1.165) is 16.7 Å². The van der Waals surface area contributed by atoms with Crippen molar-refractivity contribution in [2.75, 3.05) is 0 Å². The molecule has 0 radical (unpaired) electrons. The first-order valence-electron chi connectivity index (χ1n) is 7.17. The zero-order chi connectivity index (χ0) is 16.2. The highest BCUT2D eigenvalue weighted by Gasteiger charge is 2.11. The molecule has 0 spiro atoms. The maximum Gasteiger partial charge on any atom is 0.196 e. The first kappa shape index (κ1) is 14.5. The minimum atomic E-state index is 0.499. The number of nitrogens with zero attached hydrogens (tertiary/aromatic N) is 3. The van der Waals surface area contributed by atoms with E-state index in [1.165, 1.54) is 0 Å². The van der Waals surface area contributed by atoms with Crippen LogP contribution in [0.3, 0.4) is 0 Å². The molecular weight excluding hydrogens is 282 g/mol. The van der Waals surface area contributed by atoms with Gasteiger partial charge in [0.1, 0.15) is 0 Å². The van der Waals surface area contributed by atoms with Gasteiger partial charge in [-0.1, -0.05) is 42.5 Å². The molecule has 0 aliphatic heterocycles. The molecule has 0 saturated heterocycles. The van der Waals surface area contributed by atoms with Crippen molar-refractivity contribution >= 4 is 5.69 Å². The van der Waals surface area contributed by atoms with Crippen molar-refractivity contribution in [3.8, 4) is 28.5 Å². The molecule has 0 aliphatic rings. The second kappa shape index (κ2) is 6.13. The average Bonchev–Trinajstić information content (AvgIpc) is 2.62. The van der Waals surface area contributed by atoms with Crippen molar-refractivity contribution < 1.29 is 0 Å². The Hall–Kier alpha value is -3.43. The van der Waals surface area contributed by atoms with Crippen molar-refractivity contribution in [2.45, 2.75) is 6.92 Å². The Balaban J connectivity index is 2.20. The van der Waals surface area contributed by atoms with Crippen LogP contribution < -0.4 is 0 Å². The molecule has 2 aromatic carbocycles. The summed E-state index contributed by atoms with van der Waals surface area (Å²) in [5, 5.41) is 9.10. The van der Waals surface area contributed by atoms with Crippen LogP contribution in [0.4, 0.5) is 5.69 Å². The molecule has 3 nitrogen and oxygen atoms in total. The van der Waals surface area contributed by atoms with E-state index in [0.29, 0.717) is 22.5 Å². The quantitative estimate of drug-likeness (QED) is 0.614. The minimum Gasteiger partial charge on any atom is -0.257 e. The zero-order valence-electron chi connectivity index (χ0n) is 12.6. The van der Waals surface area contributed by atoms with Gasteiger partial charge in [0.2, 0.25) is 0 Å². The lowest BCUT2D eigenvalue weighted by Crippen LogP contribution is -1.90. The predicted octanol–water partition coefficient (Wildman–Crippen LogP) is 5.15. The predicted molar refractivity (Wildman–Crippen MR) is 90.8 cm³/mol. The molecule has 0 fully saturated rings. The molecular formula is C20H13N3. The summed E-state index contributed by atoms with van der Waals surface area (Å²) in [7, 11) is 0. The van der Waals surface area contributed by atoms with Crippen LogP contribution in [0.2, 0.25) is 0 Å². The molecule has 0 saturated carbocycles. The number of aryl methyl sites for hydroxylation is 1. The van der Waals surface area contributed by atoms with E-state index < -0.39 is 0 Å². The van der Waals surface area contributed by atoms with Gasteiger partial charge < -0.3 is 0 Å². The van der Waals surface area contributed by atoms with Crippen molar-refractivity contribution in [1.29, 1.82) is 5.26 Å². The van der Waals surface area contributed by atoms with E-state index in [-0.39, 0.29) is 0 Å². The van der Waals surface area contributed by atoms with E-state index in [1.54, 1.807) is 18.2 Å². The van der Waals surface area contributed by atoms with E-state index in [2.05, 4.69) is 15.9 Å². The van der Waals surface area contributed by atoms with Gasteiger partial charge in [-0.15, -0.1) is 0 Å². The van der Waals surface area contributed by atoms with Crippen LogP contribution in [0.5, 0.6) is 0 Å². The SMILES string of the molecule is [C-]#[N+]c1ccc(C#N)cc1-c1cc(-c2ccccc2)c(C)cn1. The molecule has 0 N–H and O–H groups in total. The number of hydrogen-bond acceptors (Lipinski definition) is 2. The van der Waals surface area contributed by atoms with Gasteiger partial charge in [0.05, 0.1) is 23.9 Å². The zero-order valence-corrected chi connectivity index (χ0v) is 12.6. The third kappa shape index (κ3) is 2.81. The van der Waals surface area contributed by atoms with E-state index in [9.17, 15) is 0 Å². The fraction of sp³-hybridized carbons (Fsp3) is 0.0500. The number of hydrogen-bond donors (Lipinski definition) is 0. The summed E-state index contributed by atoms with van der Waals surface area (Å²) < 4.78 is 0. The third-order valence-electron chi connectivity index (χ3n) is 3.71. The highest BCUT2D eigenvalue weighted by atomic mass is 14.7. The summed E-state index contributed by atoms with van der Waals surface area (Å²) in [5.41, 5.74) is 5.67. The number of rotatable bonds is 2. The Morgan fingerprint density at radius 3 is 2.52 bits per heavy atom. The highest BCUT2D eigenvalue weighted by molar-refractivity contribution is 5.81. The second-order valence-electron chi connectivity index (χ2n) is 5.21. The number of aromatic nitrogens is 1. The standard InChI is InChI=1S/C20H13N3/c1-14-13-23-20(11-17(14)16-6-4-3-5-7-16)18-10-15(12-21)8-9-19(18)22-2/h3-11,13H,1H3. The lowest BCUT2D eigenvalue weighted by Gasteiger charge is -2.10. The number of nitriles is 1. The van der Waals surface area contributed by atoms with Crippen LogP contribution in [-0.4, -0.2) is 4.98 Å². The Bertz CT molecular complexity index is 945. The van der Waals surface area contributed by atoms with Crippen LogP contribution in [-0.2, 0) is 0 Å². The molecule has 0 bridgehead atoms. The van der Waals surface area contributed by atoms with Crippen LogP contribution in [0, 0.1) is 24.8 Å². The van der Waals surface area contributed by atoms with Gasteiger partial charge in [0.15, 0.2) is 5.69 Å². The lowest BCUT2D eigenvalue weighted by atomic mass is 9.98. The minimum absolute atomic E-state index is 0.499. The van der Waals surface area contributed by atoms with Crippen molar-refractivity contribution in [3.63, 3.8) is 0 Å². The van der Waals surface area contributed by atoms with E-state index in [4.69, 9.17) is 11.8 Å². The molecule has 0 atom stereocenters. The molecule has 108 valence electrons. The van der Waals surface area contributed by atoms with Gasteiger partial charge in [-0.2, -0.15) is 5.26 Å². The van der Waals surface area contributed by atoms with Crippen LogP contribution in [0.25, 0.3) is 27.2 Å². The van der Waals surface area contributed by atoms with Gasteiger partial charge in [-0.05, 0) is 35.7 Å². The lowest BCUT2D eigenvalue weighted by molar-refractivity contribution is 1.27. The van der Waals surface area contributed by atoms with Crippen LogP contribution in [0.15, 0.2) is 60.8 Å². The topological polar surface area (TPSA) is 41.0 Å². The summed E-state index contributed by atoms with van der Waals surface area (Å²) >= 11 is 0. The molecule has 0 aliphatic carbocycles. The fourth-order valence-corrected chi connectivity index (χ4v) is 2.51. The number of pyridine rings is 1. The van der Waals surface area contributed by atoms with Crippen molar-refractivity contribution in [2.24, 2.45) is 0 Å². The maximum atomic E-state index is 9.10. The van der Waals surface area contributed by atoms with Gasteiger partial charge in [0, 0.05) is 11.8 Å². The summed E-state index contributed by atoms with van der Waals surface area (Å²) in [6, 6.07) is 19.2. The summed E-state index contributed by atoms with van der Waals surface area (Å²) in [6.45, 7) is 9.35. The first-order valence-corrected chi connectivity index (χ1v) is 7.17. The van der Waals surface area contributed by atoms with Gasteiger partial charge in [-0.25, -0.2) is 4.85 Å². The summed E-state index contributed by atoms with van der Waals surface area (Å²) in [5.74, 6) is 0. The Morgan fingerprint density at radius 2 is 1.83 bits per heavy atom. The monoisotopic (exact) mass is 295 g/mol. The number of benzene rings is 2. The van der Waals surface area contributed by atoms with Crippen LogP contribution in [0.1, 0.15) is 11.1 Å². The Labute approximate surface area is 135 Å². The smallest absolute Gasteiger partial charge is 0.196 e. The molecule has 23 heavy (non-hydrogen) atoms. The third-order valence-corrected chi connectivity index (χ3v) is 3.71. The maximum absolute atomic E-state index is 9.10. The van der Waals surface area contributed by atoms with Gasteiger partial charge in [-0.3, -0.25) is 4.98 Å². The molecule has 3 aromatic rings. The van der Waals surface area contributed by atoms with E-state index in [1.807, 2.05) is 49.5 Å². The second-order valence-corrected chi connectivity index (χ2v) is 5.21. The Kier molecular flexibility index (Phi) is 3.87. The summed E-state index contributed by atoms with van der Waals surface area (Å²) in [6.07, 6.45) is 1.81. The summed E-state index contributed by atoms with van der Waals surface area (Å²) in [4.78, 5) is 8.01. The largest absolute Gasteiger partial charge is 0.257 e. The van der Waals surface area contributed by atoms with Gasteiger partial charge >= 0.3 is 0 Å². The van der Waals surface area contributed by atoms with Gasteiger partial charge in [0.25, 0.3) is 0 Å². The Morgan fingerprint density at radius 1 is 1.04 bits per heavy atom. The molecule has 1 aromatic heterocycles. The average molecular weight is 295 g/mol. The molecule has 3 rings (SSSR count). The fourth-order valence-electron chi connectivity index (χ4n) is 2.51. The molecule has 0 unspecified atom stereocenters. The molecule has 3 heteroatoms.